The first-order valence-electron chi connectivity index (χ1n) is 7.75. The Balaban J connectivity index is 2.00. The van der Waals surface area contributed by atoms with Gasteiger partial charge in [0.25, 0.3) is 0 Å². The first kappa shape index (κ1) is 15.1. The molecule has 0 aliphatic heterocycles. The molecule has 1 N–H and O–H groups in total. The SMILES string of the molecule is CC1CC2(Br)CC(c3ccccc3)(C2)CC(C)(C(=O)O)C1. The highest BCUT2D eigenvalue weighted by molar-refractivity contribution is 9.10. The van der Waals surface area contributed by atoms with Crippen molar-refractivity contribution in [1.82, 2.24) is 0 Å². The summed E-state index contributed by atoms with van der Waals surface area (Å²) < 4.78 is 0.210. The van der Waals surface area contributed by atoms with Crippen LogP contribution >= 0.6 is 15.9 Å². The van der Waals surface area contributed by atoms with E-state index in [9.17, 15) is 9.90 Å². The molecule has 3 aliphatic carbocycles. The molecule has 0 saturated heterocycles. The van der Waals surface area contributed by atoms with E-state index in [4.69, 9.17) is 0 Å². The first-order chi connectivity index (χ1) is 9.77. The van der Waals surface area contributed by atoms with Gasteiger partial charge >= 0.3 is 5.97 Å². The van der Waals surface area contributed by atoms with E-state index in [1.54, 1.807) is 0 Å². The van der Waals surface area contributed by atoms with Crippen molar-refractivity contribution in [3.63, 3.8) is 0 Å². The number of aliphatic carboxylic acids is 1. The minimum absolute atomic E-state index is 0.0258. The summed E-state index contributed by atoms with van der Waals surface area (Å²) in [5, 5.41) is 9.78. The van der Waals surface area contributed by atoms with Crippen LogP contribution in [-0.2, 0) is 10.2 Å². The third-order valence-electron chi connectivity index (χ3n) is 5.45. The van der Waals surface area contributed by atoms with Crippen molar-refractivity contribution in [2.75, 3.05) is 0 Å². The van der Waals surface area contributed by atoms with Crippen LogP contribution in [0, 0.1) is 11.3 Å². The summed E-state index contributed by atoms with van der Waals surface area (Å²) in [6.07, 6.45) is 4.69. The molecule has 3 heteroatoms. The van der Waals surface area contributed by atoms with Gasteiger partial charge in [0, 0.05) is 4.32 Å². The molecule has 0 heterocycles. The third kappa shape index (κ3) is 2.54. The number of carbonyl (C=O) groups is 1. The van der Waals surface area contributed by atoms with Gasteiger partial charge < -0.3 is 5.11 Å². The van der Waals surface area contributed by atoms with E-state index in [1.807, 2.05) is 13.0 Å². The third-order valence-corrected chi connectivity index (χ3v) is 6.34. The quantitative estimate of drug-likeness (QED) is 0.780. The van der Waals surface area contributed by atoms with E-state index in [0.29, 0.717) is 5.92 Å². The van der Waals surface area contributed by atoms with Gasteiger partial charge in [-0.3, -0.25) is 4.79 Å². The predicted molar refractivity (Wildman–Crippen MR) is 87.8 cm³/mol. The van der Waals surface area contributed by atoms with Gasteiger partial charge in [-0.1, -0.05) is 53.2 Å². The second-order valence-electron chi connectivity index (χ2n) is 7.71. The highest BCUT2D eigenvalue weighted by atomic mass is 79.9. The average molecular weight is 351 g/mol. The van der Waals surface area contributed by atoms with Crippen molar-refractivity contribution in [2.45, 2.75) is 55.7 Å². The highest BCUT2D eigenvalue weighted by Gasteiger charge is 2.59. The molecular formula is C18H23BrO2. The zero-order valence-electron chi connectivity index (χ0n) is 12.7. The maximum atomic E-state index is 11.9. The molecule has 2 bridgehead atoms. The molecule has 2 unspecified atom stereocenters. The van der Waals surface area contributed by atoms with Crippen LogP contribution in [0.5, 0.6) is 0 Å². The van der Waals surface area contributed by atoms with Crippen molar-refractivity contribution >= 4 is 21.9 Å². The fraction of sp³-hybridized carbons (Fsp3) is 0.611. The fourth-order valence-corrected chi connectivity index (χ4v) is 6.60. The number of benzene rings is 1. The van der Waals surface area contributed by atoms with Gasteiger partial charge in [0.15, 0.2) is 0 Å². The molecule has 3 saturated carbocycles. The van der Waals surface area contributed by atoms with Crippen LogP contribution in [0.15, 0.2) is 30.3 Å². The second kappa shape index (κ2) is 4.84. The van der Waals surface area contributed by atoms with Crippen LogP contribution in [0.3, 0.4) is 0 Å². The molecular weight excluding hydrogens is 328 g/mol. The minimum Gasteiger partial charge on any atom is -0.481 e. The molecule has 0 amide bonds. The predicted octanol–water partition coefficient (Wildman–Crippen LogP) is 4.76. The van der Waals surface area contributed by atoms with E-state index in [0.717, 1.165) is 32.1 Å². The lowest BCUT2D eigenvalue weighted by Crippen LogP contribution is -2.56. The molecule has 1 aromatic rings. The Morgan fingerprint density at radius 3 is 2.38 bits per heavy atom. The summed E-state index contributed by atoms with van der Waals surface area (Å²) in [5.41, 5.74) is 0.712. The minimum atomic E-state index is -0.640. The fourth-order valence-electron chi connectivity index (χ4n) is 4.98. The normalized spacial score (nSPS) is 42.5. The van der Waals surface area contributed by atoms with Gasteiger partial charge in [0.2, 0.25) is 0 Å². The van der Waals surface area contributed by atoms with Crippen molar-refractivity contribution in [1.29, 1.82) is 0 Å². The molecule has 3 aliphatic rings. The zero-order chi connectivity index (χ0) is 15.3. The number of rotatable bonds is 2. The Hall–Kier alpha value is -0.830. The maximum absolute atomic E-state index is 11.9. The summed E-state index contributed by atoms with van der Waals surface area (Å²) >= 11 is 3.94. The van der Waals surface area contributed by atoms with E-state index >= 15 is 0 Å². The van der Waals surface area contributed by atoms with Crippen molar-refractivity contribution in [3.8, 4) is 0 Å². The topological polar surface area (TPSA) is 37.3 Å². The summed E-state index contributed by atoms with van der Waals surface area (Å²) in [7, 11) is 0. The molecule has 21 heavy (non-hydrogen) atoms. The number of carboxylic acids is 1. The largest absolute Gasteiger partial charge is 0.481 e. The molecule has 114 valence electrons. The molecule has 1 aromatic carbocycles. The smallest absolute Gasteiger partial charge is 0.309 e. The van der Waals surface area contributed by atoms with Gasteiger partial charge in [-0.2, -0.15) is 0 Å². The lowest BCUT2D eigenvalue weighted by Gasteiger charge is -2.59. The summed E-state index contributed by atoms with van der Waals surface area (Å²) in [4.78, 5) is 11.9. The summed E-state index contributed by atoms with van der Waals surface area (Å²) in [6.45, 7) is 4.13. The molecule has 2 atom stereocenters. The number of alkyl halides is 1. The van der Waals surface area contributed by atoms with E-state index < -0.39 is 11.4 Å². The molecule has 3 fully saturated rings. The highest BCUT2D eigenvalue weighted by Crippen LogP contribution is 2.64. The van der Waals surface area contributed by atoms with Gasteiger partial charge in [-0.15, -0.1) is 0 Å². The van der Waals surface area contributed by atoms with Crippen LogP contribution in [0.1, 0.15) is 51.5 Å². The summed E-state index contributed by atoms with van der Waals surface area (Å²) in [6, 6.07) is 10.5. The van der Waals surface area contributed by atoms with Crippen LogP contribution in [-0.4, -0.2) is 15.4 Å². The Bertz CT molecular complexity index is 548. The lowest BCUT2D eigenvalue weighted by atomic mass is 9.49. The van der Waals surface area contributed by atoms with Crippen molar-refractivity contribution in [2.24, 2.45) is 11.3 Å². The van der Waals surface area contributed by atoms with Gasteiger partial charge in [-0.05, 0) is 55.9 Å². The van der Waals surface area contributed by atoms with E-state index in [1.165, 1.54) is 5.56 Å². The zero-order valence-corrected chi connectivity index (χ0v) is 14.3. The molecule has 4 rings (SSSR count). The van der Waals surface area contributed by atoms with Gasteiger partial charge in [0.1, 0.15) is 0 Å². The second-order valence-corrected chi connectivity index (χ2v) is 9.39. The van der Waals surface area contributed by atoms with Gasteiger partial charge in [-0.25, -0.2) is 0 Å². The molecule has 0 aromatic heterocycles. The summed E-state index contributed by atoms with van der Waals surface area (Å²) in [5.74, 6) is -0.196. The van der Waals surface area contributed by atoms with Crippen LogP contribution in [0.4, 0.5) is 0 Å². The van der Waals surface area contributed by atoms with Crippen LogP contribution < -0.4 is 0 Å². The molecule has 0 spiro atoms. The van der Waals surface area contributed by atoms with Crippen molar-refractivity contribution in [3.05, 3.63) is 35.9 Å². The number of carboxylic acid groups (broad SMARTS) is 1. The number of hydrogen-bond donors (Lipinski definition) is 1. The monoisotopic (exact) mass is 350 g/mol. The Labute approximate surface area is 135 Å². The number of hydrogen-bond acceptors (Lipinski definition) is 1. The van der Waals surface area contributed by atoms with Gasteiger partial charge in [0.05, 0.1) is 5.41 Å². The average Bonchev–Trinajstić information content (AvgIpc) is 2.35. The molecule has 2 nitrogen and oxygen atoms in total. The Kier molecular flexibility index (Phi) is 3.47. The maximum Gasteiger partial charge on any atom is 0.309 e. The molecule has 0 radical (unpaired) electrons. The van der Waals surface area contributed by atoms with Crippen molar-refractivity contribution < 1.29 is 9.90 Å². The Morgan fingerprint density at radius 2 is 1.81 bits per heavy atom. The van der Waals surface area contributed by atoms with E-state index in [2.05, 4.69) is 47.1 Å². The number of fused-ring (bicyclic) bond motifs is 4. The lowest BCUT2D eigenvalue weighted by molar-refractivity contribution is -0.152. The van der Waals surface area contributed by atoms with Crippen LogP contribution in [0.2, 0.25) is 0 Å². The first-order valence-corrected chi connectivity index (χ1v) is 8.54. The Morgan fingerprint density at radius 1 is 1.19 bits per heavy atom. The standard InChI is InChI=1S/C18H23BrO2/c1-13-8-16(2,15(20)21)10-17(11-18(19,9-13)12-17)14-6-4-3-5-7-14/h3-7,13H,8-12H2,1-2H3,(H,20,21). The van der Waals surface area contributed by atoms with E-state index in [-0.39, 0.29) is 9.74 Å². The number of halogens is 1. The van der Waals surface area contributed by atoms with Crippen LogP contribution in [0.25, 0.3) is 0 Å².